The lowest BCUT2D eigenvalue weighted by Crippen LogP contribution is -2.31. The van der Waals surface area contributed by atoms with Crippen molar-refractivity contribution in [2.75, 3.05) is 13.2 Å². The SMILES string of the molecule is CCCCCCCCCOc1ccc(/C=N\NC(=S)NCc2ccccc2)cc1OCC. The first kappa shape index (κ1) is 25.7. The number of nitrogens with zero attached hydrogens (tertiary/aromatic N) is 1. The topological polar surface area (TPSA) is 54.9 Å². The minimum absolute atomic E-state index is 0.477. The Hall–Kier alpha value is -2.60. The van der Waals surface area contributed by atoms with Crippen molar-refractivity contribution < 1.29 is 9.47 Å². The van der Waals surface area contributed by atoms with Gasteiger partial charge in [-0.15, -0.1) is 0 Å². The fourth-order valence-electron chi connectivity index (χ4n) is 3.22. The van der Waals surface area contributed by atoms with Crippen LogP contribution in [-0.4, -0.2) is 24.5 Å². The van der Waals surface area contributed by atoms with E-state index in [1.807, 2.05) is 55.5 Å². The number of hydrogen-bond acceptors (Lipinski definition) is 4. The summed E-state index contributed by atoms with van der Waals surface area (Å²) < 4.78 is 11.7. The van der Waals surface area contributed by atoms with Gasteiger partial charge in [0.1, 0.15) is 0 Å². The molecule has 6 heteroatoms. The summed E-state index contributed by atoms with van der Waals surface area (Å²) in [5, 5.41) is 7.84. The van der Waals surface area contributed by atoms with Crippen molar-refractivity contribution in [2.45, 2.75) is 65.3 Å². The summed E-state index contributed by atoms with van der Waals surface area (Å²) in [6.07, 6.45) is 10.6. The molecule has 0 aliphatic rings. The molecule has 0 aliphatic heterocycles. The van der Waals surface area contributed by atoms with E-state index in [1.54, 1.807) is 6.21 Å². The van der Waals surface area contributed by atoms with Crippen LogP contribution in [0.1, 0.15) is 69.9 Å². The molecule has 0 amide bonds. The highest BCUT2D eigenvalue weighted by Crippen LogP contribution is 2.28. The van der Waals surface area contributed by atoms with E-state index in [0.29, 0.717) is 24.9 Å². The Morgan fingerprint density at radius 3 is 2.41 bits per heavy atom. The Labute approximate surface area is 198 Å². The van der Waals surface area contributed by atoms with Crippen LogP contribution >= 0.6 is 12.2 Å². The lowest BCUT2D eigenvalue weighted by Gasteiger charge is -2.12. The molecule has 2 N–H and O–H groups in total. The zero-order chi connectivity index (χ0) is 22.9. The molecule has 2 aromatic carbocycles. The van der Waals surface area contributed by atoms with E-state index in [4.69, 9.17) is 21.7 Å². The Balaban J connectivity index is 1.76. The molecule has 2 rings (SSSR count). The second-order valence-corrected chi connectivity index (χ2v) is 8.06. The summed E-state index contributed by atoms with van der Waals surface area (Å²) >= 11 is 5.27. The number of unbranched alkanes of at least 4 members (excludes halogenated alkanes) is 6. The molecule has 174 valence electrons. The van der Waals surface area contributed by atoms with Crippen molar-refractivity contribution in [3.8, 4) is 11.5 Å². The number of nitrogens with one attached hydrogen (secondary N) is 2. The molecule has 0 atom stereocenters. The molecule has 0 bridgehead atoms. The number of ether oxygens (including phenoxy) is 2. The first-order valence-corrected chi connectivity index (χ1v) is 12.1. The number of rotatable bonds is 15. The van der Waals surface area contributed by atoms with Crippen molar-refractivity contribution >= 4 is 23.5 Å². The van der Waals surface area contributed by atoms with Crippen LogP contribution in [0, 0.1) is 0 Å². The van der Waals surface area contributed by atoms with Crippen LogP contribution in [0.15, 0.2) is 53.6 Å². The van der Waals surface area contributed by atoms with Gasteiger partial charge in [-0.2, -0.15) is 5.10 Å². The first-order valence-electron chi connectivity index (χ1n) is 11.7. The van der Waals surface area contributed by atoms with Gasteiger partial charge in [-0.1, -0.05) is 75.8 Å². The maximum absolute atomic E-state index is 5.97. The Kier molecular flexibility index (Phi) is 12.9. The van der Waals surface area contributed by atoms with Crippen LogP contribution in [0.25, 0.3) is 0 Å². The van der Waals surface area contributed by atoms with Gasteiger partial charge in [0.25, 0.3) is 0 Å². The molecule has 0 aromatic heterocycles. The molecule has 0 fully saturated rings. The van der Waals surface area contributed by atoms with Crippen LogP contribution < -0.4 is 20.2 Å². The van der Waals surface area contributed by atoms with E-state index in [9.17, 15) is 0 Å². The van der Waals surface area contributed by atoms with E-state index < -0.39 is 0 Å². The van der Waals surface area contributed by atoms with Gasteiger partial charge < -0.3 is 14.8 Å². The molecule has 0 saturated carbocycles. The van der Waals surface area contributed by atoms with Gasteiger partial charge in [-0.3, -0.25) is 5.43 Å². The lowest BCUT2D eigenvalue weighted by molar-refractivity contribution is 0.270. The predicted octanol–water partition coefficient (Wildman–Crippen LogP) is 6.21. The van der Waals surface area contributed by atoms with Gasteiger partial charge >= 0.3 is 0 Å². The van der Waals surface area contributed by atoms with Crippen LogP contribution in [0.3, 0.4) is 0 Å². The minimum atomic E-state index is 0.477. The number of benzene rings is 2. The number of thiocarbonyl (C=S) groups is 1. The summed E-state index contributed by atoms with van der Waals surface area (Å²) in [7, 11) is 0. The third-order valence-corrected chi connectivity index (χ3v) is 5.18. The maximum Gasteiger partial charge on any atom is 0.187 e. The third-order valence-electron chi connectivity index (χ3n) is 4.95. The van der Waals surface area contributed by atoms with Gasteiger partial charge in [0.15, 0.2) is 16.6 Å². The number of hydrazone groups is 1. The molecule has 0 heterocycles. The van der Waals surface area contributed by atoms with Gasteiger partial charge in [-0.25, -0.2) is 0 Å². The second-order valence-electron chi connectivity index (χ2n) is 7.65. The van der Waals surface area contributed by atoms with Crippen LogP contribution in [-0.2, 0) is 6.54 Å². The standard InChI is InChI=1S/C26H37N3O2S/c1-3-5-6-7-8-9-13-18-31-24-17-16-23(19-25(24)30-4-2)21-28-29-26(32)27-20-22-14-11-10-12-15-22/h10-12,14-17,19,21H,3-9,13,18,20H2,1-2H3,(H2,27,29,32)/b28-21-. The van der Waals surface area contributed by atoms with Crippen LogP contribution in [0.2, 0.25) is 0 Å². The Morgan fingerprint density at radius 1 is 0.906 bits per heavy atom. The number of hydrogen-bond donors (Lipinski definition) is 2. The molecule has 2 aromatic rings. The average molecular weight is 456 g/mol. The molecule has 0 aliphatic carbocycles. The molecule has 5 nitrogen and oxygen atoms in total. The normalized spacial score (nSPS) is 10.8. The van der Waals surface area contributed by atoms with E-state index in [-0.39, 0.29) is 0 Å². The van der Waals surface area contributed by atoms with Crippen molar-refractivity contribution in [3.05, 3.63) is 59.7 Å². The smallest absolute Gasteiger partial charge is 0.187 e. The first-order chi connectivity index (χ1) is 15.7. The van der Waals surface area contributed by atoms with Gasteiger partial charge in [-0.05, 0) is 54.9 Å². The second kappa shape index (κ2) is 16.1. The van der Waals surface area contributed by atoms with E-state index in [0.717, 1.165) is 29.0 Å². The molecular formula is C26H37N3O2S. The van der Waals surface area contributed by atoms with E-state index in [1.165, 1.54) is 38.5 Å². The highest BCUT2D eigenvalue weighted by Gasteiger charge is 2.06. The summed E-state index contributed by atoms with van der Waals surface area (Å²) in [6.45, 7) is 6.17. The molecular weight excluding hydrogens is 418 g/mol. The highest BCUT2D eigenvalue weighted by atomic mass is 32.1. The van der Waals surface area contributed by atoms with Gasteiger partial charge in [0, 0.05) is 6.54 Å². The van der Waals surface area contributed by atoms with Crippen molar-refractivity contribution in [1.29, 1.82) is 0 Å². The third kappa shape index (κ3) is 10.6. The monoisotopic (exact) mass is 455 g/mol. The highest BCUT2D eigenvalue weighted by molar-refractivity contribution is 7.80. The summed E-state index contributed by atoms with van der Waals surface area (Å²) in [4.78, 5) is 0. The maximum atomic E-state index is 5.97. The summed E-state index contributed by atoms with van der Waals surface area (Å²) in [6, 6.07) is 15.9. The van der Waals surface area contributed by atoms with Crippen molar-refractivity contribution in [1.82, 2.24) is 10.7 Å². The zero-order valence-electron chi connectivity index (χ0n) is 19.4. The molecule has 32 heavy (non-hydrogen) atoms. The molecule has 0 spiro atoms. The summed E-state index contributed by atoms with van der Waals surface area (Å²) in [5.41, 5.74) is 4.92. The van der Waals surface area contributed by atoms with Gasteiger partial charge in [0.2, 0.25) is 0 Å². The van der Waals surface area contributed by atoms with Crippen LogP contribution in [0.5, 0.6) is 11.5 Å². The van der Waals surface area contributed by atoms with Crippen molar-refractivity contribution in [3.63, 3.8) is 0 Å². The molecule has 0 unspecified atom stereocenters. The van der Waals surface area contributed by atoms with Crippen molar-refractivity contribution in [2.24, 2.45) is 5.10 Å². The van der Waals surface area contributed by atoms with Gasteiger partial charge in [0.05, 0.1) is 19.4 Å². The van der Waals surface area contributed by atoms with E-state index in [2.05, 4.69) is 22.8 Å². The fourth-order valence-corrected chi connectivity index (χ4v) is 3.34. The predicted molar refractivity (Wildman–Crippen MR) is 138 cm³/mol. The van der Waals surface area contributed by atoms with Crippen LogP contribution in [0.4, 0.5) is 0 Å². The average Bonchev–Trinajstić information content (AvgIpc) is 2.81. The minimum Gasteiger partial charge on any atom is -0.490 e. The summed E-state index contributed by atoms with van der Waals surface area (Å²) in [5.74, 6) is 1.52. The largest absolute Gasteiger partial charge is 0.490 e. The molecule has 0 radical (unpaired) electrons. The Morgan fingerprint density at radius 2 is 1.66 bits per heavy atom. The molecule has 0 saturated heterocycles. The quantitative estimate of drug-likeness (QED) is 0.145. The lowest BCUT2D eigenvalue weighted by atomic mass is 10.1. The zero-order valence-corrected chi connectivity index (χ0v) is 20.3. The van der Waals surface area contributed by atoms with E-state index >= 15 is 0 Å². The Bertz CT molecular complexity index is 812. The fraction of sp³-hybridized carbons (Fsp3) is 0.462.